The molecule has 1 aromatic heterocycles. The predicted molar refractivity (Wildman–Crippen MR) is 144 cm³/mol. The molecule has 4 rings (SSSR count). The van der Waals surface area contributed by atoms with Gasteiger partial charge in [-0.1, -0.05) is 49.4 Å². The van der Waals surface area contributed by atoms with Gasteiger partial charge in [-0.15, -0.1) is 0 Å². The van der Waals surface area contributed by atoms with Gasteiger partial charge in [0, 0.05) is 44.6 Å². The summed E-state index contributed by atoms with van der Waals surface area (Å²) in [6, 6.07) is 22.9. The van der Waals surface area contributed by atoms with Gasteiger partial charge in [0.15, 0.2) is 0 Å². The first-order chi connectivity index (χ1) is 17.3. The number of hydrogen-bond donors (Lipinski definition) is 1. The molecule has 0 amide bonds. The summed E-state index contributed by atoms with van der Waals surface area (Å²) in [6.07, 6.45) is 3.60. The summed E-state index contributed by atoms with van der Waals surface area (Å²) in [5.41, 5.74) is 4.41. The lowest BCUT2D eigenvalue weighted by Gasteiger charge is -2.20. The number of methoxy groups -OCH3 is 1. The minimum Gasteiger partial charge on any atom is -0.497 e. The summed E-state index contributed by atoms with van der Waals surface area (Å²) in [7, 11) is 1.36. The summed E-state index contributed by atoms with van der Waals surface area (Å²) in [5, 5.41) is 3.51. The second-order valence-corrected chi connectivity index (χ2v) is 11.0. The lowest BCUT2D eigenvalue weighted by Crippen LogP contribution is -2.26. The number of sulfonamides is 1. The van der Waals surface area contributed by atoms with Gasteiger partial charge in [0.05, 0.1) is 24.0 Å². The van der Waals surface area contributed by atoms with Crippen molar-refractivity contribution in [3.05, 3.63) is 96.4 Å². The smallest absolute Gasteiger partial charge is 0.243 e. The highest BCUT2D eigenvalue weighted by molar-refractivity contribution is 7.89. The highest BCUT2D eigenvalue weighted by Gasteiger charge is 2.23. The van der Waals surface area contributed by atoms with E-state index in [4.69, 9.17) is 4.74 Å². The molecule has 0 saturated heterocycles. The number of imidazole rings is 1. The minimum atomic E-state index is -3.73. The van der Waals surface area contributed by atoms with E-state index in [9.17, 15) is 8.42 Å². The van der Waals surface area contributed by atoms with E-state index < -0.39 is 10.0 Å². The molecule has 0 unspecified atom stereocenters. The van der Waals surface area contributed by atoms with Gasteiger partial charge in [-0.2, -0.15) is 4.31 Å². The number of nitrogens with zero attached hydrogens (tertiary/aromatic N) is 3. The van der Waals surface area contributed by atoms with Crippen LogP contribution in [0, 0.1) is 0 Å². The molecular weight excluding hydrogens is 472 g/mol. The third kappa shape index (κ3) is 5.78. The maximum Gasteiger partial charge on any atom is 0.243 e. The zero-order chi connectivity index (χ0) is 25.7. The average Bonchev–Trinajstić information content (AvgIpc) is 3.34. The fraction of sp³-hybridized carbons (Fsp3) is 0.250. The van der Waals surface area contributed by atoms with Crippen molar-refractivity contribution in [2.24, 2.45) is 7.05 Å². The Hall–Kier alpha value is -3.62. The molecule has 0 fully saturated rings. The van der Waals surface area contributed by atoms with Crippen LogP contribution >= 0.6 is 0 Å². The summed E-state index contributed by atoms with van der Waals surface area (Å²) in [4.78, 5) is 4.71. The Bertz CT molecular complexity index is 1400. The summed E-state index contributed by atoms with van der Waals surface area (Å²) in [5.74, 6) is 1.01. The molecule has 0 aliphatic heterocycles. The van der Waals surface area contributed by atoms with Gasteiger partial charge in [-0.05, 0) is 47.4 Å². The van der Waals surface area contributed by atoms with Crippen LogP contribution in [-0.4, -0.2) is 43.0 Å². The summed E-state index contributed by atoms with van der Waals surface area (Å²) < 4.78 is 35.3. The standard InChI is InChI=1S/C28H32N4O3S/c1-21(23-8-6-5-7-9-23)17-29-27-15-14-25(16-26(27)28-19-31(2)20-30-28)36(33,34)32(3)18-22-10-12-24(35-4)13-11-22/h5-16,19-21,29H,17-18H2,1-4H3/t21-/m0/s1. The molecule has 1 N–H and O–H groups in total. The molecule has 0 radical (unpaired) electrons. The number of nitrogens with one attached hydrogen (secondary N) is 1. The van der Waals surface area contributed by atoms with E-state index in [2.05, 4.69) is 29.4 Å². The predicted octanol–water partition coefficient (Wildman–Crippen LogP) is 5.13. The van der Waals surface area contributed by atoms with Crippen molar-refractivity contribution >= 4 is 15.7 Å². The Morgan fingerprint density at radius 3 is 2.42 bits per heavy atom. The number of benzene rings is 3. The summed E-state index contributed by atoms with van der Waals surface area (Å²) in [6.45, 7) is 3.11. The molecule has 8 heteroatoms. The molecule has 7 nitrogen and oxygen atoms in total. The van der Waals surface area contributed by atoms with E-state index in [1.807, 2.05) is 66.3 Å². The lowest BCUT2D eigenvalue weighted by atomic mass is 10.0. The first kappa shape index (κ1) is 25.5. The molecule has 0 aliphatic rings. The molecule has 36 heavy (non-hydrogen) atoms. The van der Waals surface area contributed by atoms with Crippen molar-refractivity contribution in [2.75, 3.05) is 26.0 Å². The van der Waals surface area contributed by atoms with Crippen molar-refractivity contribution in [1.82, 2.24) is 13.9 Å². The number of hydrogen-bond acceptors (Lipinski definition) is 5. The quantitative estimate of drug-likeness (QED) is 0.324. The van der Waals surface area contributed by atoms with Gasteiger partial charge in [-0.25, -0.2) is 13.4 Å². The van der Waals surface area contributed by atoms with Gasteiger partial charge in [0.2, 0.25) is 10.0 Å². The van der Waals surface area contributed by atoms with Crippen LogP contribution in [0.1, 0.15) is 24.0 Å². The van der Waals surface area contributed by atoms with Crippen LogP contribution < -0.4 is 10.1 Å². The largest absolute Gasteiger partial charge is 0.497 e. The van der Waals surface area contributed by atoms with Crippen molar-refractivity contribution in [2.45, 2.75) is 24.3 Å². The Balaban J connectivity index is 1.60. The lowest BCUT2D eigenvalue weighted by molar-refractivity contribution is 0.414. The number of anilines is 1. The fourth-order valence-corrected chi connectivity index (χ4v) is 5.20. The number of ether oxygens (including phenoxy) is 1. The summed E-state index contributed by atoms with van der Waals surface area (Å²) >= 11 is 0. The SMILES string of the molecule is COc1ccc(CN(C)S(=O)(=O)c2ccc(NC[C@H](C)c3ccccc3)c(-c3cn(C)cn3)c2)cc1. The normalized spacial score (nSPS) is 12.5. The first-order valence-corrected chi connectivity index (χ1v) is 13.2. The molecule has 0 aliphatic carbocycles. The van der Waals surface area contributed by atoms with Gasteiger partial charge < -0.3 is 14.6 Å². The van der Waals surface area contributed by atoms with Crippen molar-refractivity contribution in [3.8, 4) is 17.0 Å². The second kappa shape index (κ2) is 11.0. The van der Waals surface area contributed by atoms with Crippen LogP contribution in [-0.2, 0) is 23.6 Å². The number of rotatable bonds is 10. The number of aryl methyl sites for hydroxylation is 1. The molecule has 4 aromatic rings. The molecule has 188 valence electrons. The zero-order valence-electron chi connectivity index (χ0n) is 21.0. The third-order valence-electron chi connectivity index (χ3n) is 6.21. The monoisotopic (exact) mass is 504 g/mol. The third-order valence-corrected chi connectivity index (χ3v) is 8.01. The van der Waals surface area contributed by atoms with E-state index in [-0.39, 0.29) is 17.4 Å². The number of aromatic nitrogens is 2. The minimum absolute atomic E-state index is 0.223. The van der Waals surface area contributed by atoms with E-state index >= 15 is 0 Å². The van der Waals surface area contributed by atoms with Gasteiger partial charge in [-0.3, -0.25) is 0 Å². The highest BCUT2D eigenvalue weighted by atomic mass is 32.2. The average molecular weight is 505 g/mol. The van der Waals surface area contributed by atoms with Crippen LogP contribution in [0.3, 0.4) is 0 Å². The molecule has 0 bridgehead atoms. The Labute approximate surface area is 213 Å². The molecule has 1 heterocycles. The molecule has 3 aromatic carbocycles. The van der Waals surface area contributed by atoms with Crippen LogP contribution in [0.4, 0.5) is 5.69 Å². The van der Waals surface area contributed by atoms with Crippen LogP contribution in [0.2, 0.25) is 0 Å². The van der Waals surface area contributed by atoms with E-state index in [0.717, 1.165) is 22.6 Å². The van der Waals surface area contributed by atoms with E-state index in [1.54, 1.807) is 32.6 Å². The highest BCUT2D eigenvalue weighted by Crippen LogP contribution is 2.31. The second-order valence-electron chi connectivity index (χ2n) is 8.93. The topological polar surface area (TPSA) is 76.5 Å². The van der Waals surface area contributed by atoms with Crippen LogP contribution in [0.5, 0.6) is 5.75 Å². The Morgan fingerprint density at radius 1 is 1.06 bits per heavy atom. The Morgan fingerprint density at radius 2 is 1.78 bits per heavy atom. The van der Waals surface area contributed by atoms with E-state index in [0.29, 0.717) is 12.2 Å². The van der Waals surface area contributed by atoms with Crippen molar-refractivity contribution in [3.63, 3.8) is 0 Å². The molecule has 0 spiro atoms. The zero-order valence-corrected chi connectivity index (χ0v) is 21.9. The first-order valence-electron chi connectivity index (χ1n) is 11.8. The molecule has 1 atom stereocenters. The maximum atomic E-state index is 13.5. The van der Waals surface area contributed by atoms with Gasteiger partial charge in [0.1, 0.15) is 5.75 Å². The van der Waals surface area contributed by atoms with Gasteiger partial charge in [0.25, 0.3) is 0 Å². The molecule has 0 saturated carbocycles. The van der Waals surface area contributed by atoms with Crippen LogP contribution in [0.25, 0.3) is 11.3 Å². The molecular formula is C28H32N4O3S. The van der Waals surface area contributed by atoms with E-state index in [1.165, 1.54) is 9.87 Å². The van der Waals surface area contributed by atoms with Crippen molar-refractivity contribution < 1.29 is 13.2 Å². The van der Waals surface area contributed by atoms with Crippen molar-refractivity contribution in [1.29, 1.82) is 0 Å². The maximum absolute atomic E-state index is 13.5. The Kier molecular flexibility index (Phi) is 7.76. The van der Waals surface area contributed by atoms with Crippen LogP contribution in [0.15, 0.2) is 90.2 Å². The van der Waals surface area contributed by atoms with Gasteiger partial charge >= 0.3 is 0 Å². The fourth-order valence-electron chi connectivity index (χ4n) is 4.02.